The number of piperidine rings is 3. The maximum atomic E-state index is 12.5. The van der Waals surface area contributed by atoms with E-state index in [-0.39, 0.29) is 74.5 Å². The first-order valence-corrected chi connectivity index (χ1v) is 38.9. The Balaban J connectivity index is 0.000000193. The number of hydrogen-bond acceptors (Lipinski definition) is 24. The van der Waals surface area contributed by atoms with Crippen molar-refractivity contribution in [3.05, 3.63) is 229 Å². The molecular weight excluding hydrogens is 1530 g/mol. The number of fused-ring (bicyclic) bond motifs is 4. The number of Topliss-reactive ketones (excluding diaryl/α,β-unsaturated/α-hetero) is 1. The number of aldehydes is 1. The van der Waals surface area contributed by atoms with Gasteiger partial charge in [0.25, 0.3) is 51.7 Å². The van der Waals surface area contributed by atoms with Gasteiger partial charge in [-0.1, -0.05) is 24.3 Å². The number of rotatable bonds is 20. The molecule has 0 saturated carbocycles. The number of hydrogen-bond donors (Lipinski definition) is 7. The third kappa shape index (κ3) is 26.5. The number of nitro groups is 2. The average molecular weight is 1640 g/mol. The van der Waals surface area contributed by atoms with E-state index in [1.807, 2.05) is 26.8 Å². The van der Waals surface area contributed by atoms with Gasteiger partial charge in [0.15, 0.2) is 5.78 Å². The molecule has 34 nitrogen and oxygen atoms in total. The molecule has 0 spiro atoms. The zero-order valence-corrected chi connectivity index (χ0v) is 68.3. The summed E-state index contributed by atoms with van der Waals surface area (Å²) in [5.41, 5.74) is 15.2. The van der Waals surface area contributed by atoms with E-state index in [0.29, 0.717) is 130 Å². The summed E-state index contributed by atoms with van der Waals surface area (Å²) in [7, 11) is 5.31. The molecule has 3 aromatic heterocycles. The molecule has 35 heteroatoms. The van der Waals surface area contributed by atoms with Crippen LogP contribution in [0.3, 0.4) is 0 Å². The summed E-state index contributed by atoms with van der Waals surface area (Å²) >= 11 is 0. The van der Waals surface area contributed by atoms with Crippen molar-refractivity contribution >= 4 is 98.2 Å². The molecule has 0 atom stereocenters. The van der Waals surface area contributed by atoms with Crippen LogP contribution in [0.15, 0.2) is 147 Å². The van der Waals surface area contributed by atoms with Crippen LogP contribution in [-0.4, -0.2) is 219 Å². The Morgan fingerprint density at radius 3 is 1.34 bits per heavy atom. The van der Waals surface area contributed by atoms with Crippen molar-refractivity contribution in [1.29, 1.82) is 0 Å². The third-order valence-corrected chi connectivity index (χ3v) is 20.4. The number of likely N-dealkylation sites (tertiary alicyclic amines) is 3. The van der Waals surface area contributed by atoms with Gasteiger partial charge in [-0.3, -0.25) is 72.8 Å². The molecule has 4 aliphatic rings. The maximum Gasteiger partial charge on any atom is 0.407 e. The molecule has 7 heterocycles. The van der Waals surface area contributed by atoms with Crippen LogP contribution in [-0.2, 0) is 42.1 Å². The van der Waals surface area contributed by atoms with Gasteiger partial charge in [-0.25, -0.2) is 19.7 Å². The lowest BCUT2D eigenvalue weighted by Crippen LogP contribution is -2.46. The monoisotopic (exact) mass is 1640 g/mol. The Morgan fingerprint density at radius 1 is 0.555 bits per heavy atom. The summed E-state index contributed by atoms with van der Waals surface area (Å²) in [6.45, 7) is 18.7. The maximum absolute atomic E-state index is 12.5. The molecule has 0 aliphatic carbocycles. The highest BCUT2D eigenvalue weighted by molar-refractivity contribution is 6.30. The smallest absolute Gasteiger partial charge is 0.407 e. The molecule has 0 radical (unpaired) electrons. The van der Waals surface area contributed by atoms with E-state index >= 15 is 0 Å². The first-order valence-electron chi connectivity index (χ1n) is 39.6. The number of amides is 5. The van der Waals surface area contributed by atoms with E-state index in [0.717, 1.165) is 108 Å². The number of aryl methyl sites for hydroxylation is 2. The molecule has 4 aliphatic heterocycles. The number of nitrogens with zero attached hydrogens (tertiary/aromatic N) is 12. The number of halogens is 1. The number of nitrogens with two attached hydrogens (primary N) is 1. The van der Waals surface area contributed by atoms with Gasteiger partial charge in [0, 0.05) is 163 Å². The zero-order chi connectivity index (χ0) is 87.3. The Kier molecular flexibility index (Phi) is 33.5. The Bertz CT molecular complexity index is 5380. The van der Waals surface area contributed by atoms with Gasteiger partial charge >= 0.3 is 6.09 Å². The predicted octanol–water partition coefficient (Wildman–Crippen LogP) is 7.33. The van der Waals surface area contributed by atoms with Gasteiger partial charge in [0.05, 0.1) is 82.0 Å². The van der Waals surface area contributed by atoms with Crippen LogP contribution in [0.4, 0.5) is 26.2 Å². The quantitative estimate of drug-likeness (QED) is 0.0223. The second kappa shape index (κ2) is 44.1. The molecule has 9 aromatic rings. The lowest BCUT2D eigenvalue weighted by molar-refractivity contribution is -0.385. The summed E-state index contributed by atoms with van der Waals surface area (Å²) < 4.78 is 25.9. The van der Waals surface area contributed by atoms with Crippen molar-refractivity contribution < 1.29 is 53.9 Å². The Morgan fingerprint density at radius 2 is 0.941 bits per heavy atom. The number of alkyl halides is 1. The molecule has 8 N–H and O–H groups in total. The average Bonchev–Trinajstić information content (AvgIpc) is 0.785. The molecular formula is C84H104FN19O15. The van der Waals surface area contributed by atoms with Crippen LogP contribution in [0.5, 0.6) is 0 Å². The number of ether oxygens (including phenoxy) is 1. The van der Waals surface area contributed by atoms with Gasteiger partial charge in [0.2, 0.25) is 0 Å². The third-order valence-electron chi connectivity index (χ3n) is 20.4. The second-order valence-corrected chi connectivity index (χ2v) is 29.7. The van der Waals surface area contributed by atoms with Crippen LogP contribution in [0, 0.1) is 34.1 Å². The van der Waals surface area contributed by atoms with Gasteiger partial charge in [-0.2, -0.15) is 0 Å². The summed E-state index contributed by atoms with van der Waals surface area (Å²) in [6.07, 6.45) is 11.4. The highest BCUT2D eigenvalue weighted by Gasteiger charge is 2.26. The summed E-state index contributed by atoms with van der Waals surface area (Å²) in [6, 6.07) is 31.2. The number of ketones is 1. The van der Waals surface area contributed by atoms with E-state index in [1.165, 1.54) is 30.9 Å². The van der Waals surface area contributed by atoms with Crippen molar-refractivity contribution in [2.75, 3.05) is 94.2 Å². The largest absolute Gasteiger partial charge is 0.444 e. The minimum Gasteiger partial charge on any atom is -0.444 e. The van der Waals surface area contributed by atoms with Crippen molar-refractivity contribution in [2.24, 2.45) is 10.7 Å². The van der Waals surface area contributed by atoms with Crippen LogP contribution in [0.1, 0.15) is 135 Å². The van der Waals surface area contributed by atoms with Crippen LogP contribution in [0.2, 0.25) is 0 Å². The fraction of sp³-hybridized carbons (Fsp3) is 0.405. The molecule has 13 rings (SSSR count). The van der Waals surface area contributed by atoms with E-state index in [9.17, 15) is 72.6 Å². The summed E-state index contributed by atoms with van der Waals surface area (Å²) in [4.78, 5) is 162. The minimum absolute atomic E-state index is 0.0143. The van der Waals surface area contributed by atoms with E-state index in [2.05, 4.69) is 66.5 Å². The number of aliphatic imine (C=N–C) groups is 1. The number of carbonyl (C=O) groups is 7. The zero-order valence-electron chi connectivity index (χ0n) is 69.3. The molecule has 0 unspecified atom stereocenters. The van der Waals surface area contributed by atoms with Crippen LogP contribution in [0.25, 0.3) is 33.1 Å². The fourth-order valence-electron chi connectivity index (χ4n) is 13.7. The predicted molar refractivity (Wildman–Crippen MR) is 452 cm³/mol. The van der Waals surface area contributed by atoms with Crippen LogP contribution >= 0.6 is 0 Å². The van der Waals surface area contributed by atoms with E-state index in [1.54, 1.807) is 153 Å². The molecule has 5 amide bonds. The second-order valence-electron chi connectivity index (χ2n) is 29.7. The number of benzene rings is 6. The van der Waals surface area contributed by atoms with Gasteiger partial charge in [-0.15, -0.1) is 0 Å². The normalized spacial score (nSPS) is 14.5. The Hall–Kier alpha value is -12.6. The lowest BCUT2D eigenvalue weighted by Gasteiger charge is -2.33. The highest BCUT2D eigenvalue weighted by Crippen LogP contribution is 2.26. The number of nitrogens with one attached hydrogen (secondary N) is 6. The number of aromatic nitrogens is 6. The van der Waals surface area contributed by atoms with Gasteiger partial charge < -0.3 is 70.8 Å². The van der Waals surface area contributed by atoms with E-state index in [4.69, 9.17) is 11.8 Å². The summed E-state index contributed by atoms with van der Waals surface area (Å²) in [5.74, 6) is -0.769. The molecule has 3 fully saturated rings. The van der Waals surface area contributed by atoms with Gasteiger partial charge in [0.1, 0.15) is 11.9 Å². The molecule has 119 heavy (non-hydrogen) atoms. The van der Waals surface area contributed by atoms with Crippen molar-refractivity contribution in [3.8, 4) is 0 Å². The van der Waals surface area contributed by atoms with Gasteiger partial charge in [-0.05, 0) is 183 Å². The van der Waals surface area contributed by atoms with Crippen molar-refractivity contribution in [1.82, 2.24) is 75.3 Å². The standard InChI is InChI=1S/C25H30N6O4.C22H31N5O4.C17H23N5O2.C11H10N2O2.C8H7NO3.CH3F/c1-17-3-4-18(13-22(17)31(34)35)15-27-20-7-9-29(10-8-20)11-12-30-23-14-19(25(33)26-2)5-6-21(23)28-16-24(30)32;1-22(2,3)31-21(30)25-16-7-9-26(10-8-16)11-12-27-18-13-15(20(29)23-4)5-6-17(18)24-14-19(27)28;1-19-17(24)12-2-3-14-15(10-12)22(16(23)11-20-14)9-8-21-6-4-13(18)5-7-21;1-12-11(15)7-2-3-10-8(4-7)5-9(14)6-13-10;1-6-2-3-7(5-10)4-8(6)9(11)12;1-2/h3-6,13-14,16,20,27H,7-12,15H2,1-2H3,(H,26,33);5-6,13-14,16H,7-12H2,1-4H3,(H,23,29)(H,25,30);2-3,10-11,13H,4-9,18H2,1H3,(H,19,24);2-4,6H,5H2,1H3,(H,12,15);2-5H,1H3;1H3/i;;;;;1D. The Labute approximate surface area is 687 Å². The number of nitro benzene ring substituents is 2. The SMILES string of the molecule is CNC(=O)c1ccc2c(c1)CC(=O)C=N2.CNC(=O)c1ccc2ncc(=O)n(CCN3CCC(N)CC3)c2c1.CNC(=O)c1ccc2ncc(=O)n(CCN3CCC(NC(=O)OC(C)(C)C)CC3)c2c1.CNC(=O)c1ccc2ncc(=O)n(CCN3CCC(NCc4ccc(C)c([N+](=O)[O-])c4)CC3)c2c1.Cc1ccc(C=O)cc1[N+](=O)[O-].[2H]CF. The first-order chi connectivity index (χ1) is 57.4. The van der Waals surface area contributed by atoms with Crippen molar-refractivity contribution in [3.63, 3.8) is 0 Å². The van der Waals surface area contributed by atoms with Crippen molar-refractivity contribution in [2.45, 2.75) is 129 Å². The summed E-state index contributed by atoms with van der Waals surface area (Å²) in [5, 5.41) is 38.4. The molecule has 6 aromatic carbocycles. The number of alkyl carbamates (subject to hydrolysis) is 1. The highest BCUT2D eigenvalue weighted by atomic mass is 19.1. The lowest BCUT2D eigenvalue weighted by atomic mass is 10.0. The van der Waals surface area contributed by atoms with Crippen LogP contribution < -0.4 is 54.3 Å². The molecule has 3 saturated heterocycles. The fourth-order valence-corrected chi connectivity index (χ4v) is 13.7. The topological polar surface area (TPSA) is 440 Å². The number of carbonyl (C=O) groups excluding carboxylic acids is 7. The van der Waals surface area contributed by atoms with E-state index < -0.39 is 17.7 Å². The minimum atomic E-state index is -1.00. The molecule has 0 bridgehead atoms. The molecule has 632 valence electrons. The first kappa shape index (κ1) is 90.3.